The molecular weight excluding hydrogens is 372 g/mol. The summed E-state index contributed by atoms with van der Waals surface area (Å²) in [5.74, 6) is 0.178. The number of hydrogen-bond acceptors (Lipinski definition) is 6. The Morgan fingerprint density at radius 2 is 2.14 bits per heavy atom. The van der Waals surface area contributed by atoms with E-state index in [1.807, 2.05) is 11.0 Å². The summed E-state index contributed by atoms with van der Waals surface area (Å²) in [6, 6.07) is 1.97. The van der Waals surface area contributed by atoms with Gasteiger partial charge in [-0.1, -0.05) is 10.3 Å². The SMILES string of the molecule is Cc1nonc1CC(=O)N1CCC[C@H](c2cc3nc4c(c(=O)n3[nH]2)CCCC4)C1. The fraction of sp³-hybridized carbons (Fsp3) is 0.550. The Bertz CT molecular complexity index is 1130. The first kappa shape index (κ1) is 18.1. The highest BCUT2D eigenvalue weighted by Gasteiger charge is 2.28. The second-order valence-corrected chi connectivity index (χ2v) is 8.11. The number of carbonyl (C=O) groups excluding carboxylic acids is 1. The van der Waals surface area contributed by atoms with Gasteiger partial charge in [-0.05, 0) is 45.4 Å². The summed E-state index contributed by atoms with van der Waals surface area (Å²) < 4.78 is 6.27. The molecular formula is C20H24N6O3. The number of aromatic amines is 1. The maximum absolute atomic E-state index is 12.9. The molecule has 152 valence electrons. The summed E-state index contributed by atoms with van der Waals surface area (Å²) in [6.07, 6.45) is 5.90. The van der Waals surface area contributed by atoms with Crippen LogP contribution in [0.15, 0.2) is 15.5 Å². The molecule has 5 rings (SSSR count). The fourth-order valence-corrected chi connectivity index (χ4v) is 4.51. The Kier molecular flexibility index (Phi) is 4.44. The molecule has 0 saturated carbocycles. The zero-order valence-electron chi connectivity index (χ0n) is 16.5. The van der Waals surface area contributed by atoms with Crippen LogP contribution in [-0.4, -0.2) is 48.8 Å². The monoisotopic (exact) mass is 396 g/mol. The lowest BCUT2D eigenvalue weighted by Gasteiger charge is -2.32. The van der Waals surface area contributed by atoms with Gasteiger partial charge in [-0.25, -0.2) is 14.1 Å². The van der Waals surface area contributed by atoms with E-state index in [1.54, 1.807) is 11.4 Å². The van der Waals surface area contributed by atoms with Gasteiger partial charge in [0.05, 0.1) is 12.1 Å². The maximum Gasteiger partial charge on any atom is 0.276 e. The molecule has 9 nitrogen and oxygen atoms in total. The molecule has 1 saturated heterocycles. The van der Waals surface area contributed by atoms with E-state index in [9.17, 15) is 9.59 Å². The molecule has 1 atom stereocenters. The molecule has 3 aromatic heterocycles. The fourth-order valence-electron chi connectivity index (χ4n) is 4.51. The Morgan fingerprint density at radius 1 is 1.28 bits per heavy atom. The third kappa shape index (κ3) is 3.24. The van der Waals surface area contributed by atoms with Crippen molar-refractivity contribution in [1.82, 2.24) is 29.8 Å². The molecule has 3 aromatic rings. The van der Waals surface area contributed by atoms with Crippen molar-refractivity contribution in [3.05, 3.63) is 44.8 Å². The van der Waals surface area contributed by atoms with E-state index in [4.69, 9.17) is 9.61 Å². The van der Waals surface area contributed by atoms with Crippen molar-refractivity contribution in [3.63, 3.8) is 0 Å². The standard InChI is InChI=1S/C20H24N6O3/c1-12-16(24-29-23-12)10-19(27)25-8-4-5-13(11-25)17-9-18-21-15-7-3-2-6-14(15)20(28)26(18)22-17/h9,13,22H,2-8,10-11H2,1H3/t13-/m0/s1. The van der Waals surface area contributed by atoms with Crippen LogP contribution >= 0.6 is 0 Å². The Morgan fingerprint density at radius 3 is 2.97 bits per heavy atom. The van der Waals surface area contributed by atoms with E-state index >= 15 is 0 Å². The molecule has 29 heavy (non-hydrogen) atoms. The van der Waals surface area contributed by atoms with Crippen molar-refractivity contribution in [2.45, 2.75) is 57.8 Å². The number of aryl methyl sites for hydroxylation is 2. The number of likely N-dealkylation sites (tertiary alicyclic amines) is 1. The van der Waals surface area contributed by atoms with Gasteiger partial charge in [0, 0.05) is 36.3 Å². The van der Waals surface area contributed by atoms with Crippen LogP contribution in [0.2, 0.25) is 0 Å². The second-order valence-electron chi connectivity index (χ2n) is 8.11. The molecule has 0 bridgehead atoms. The van der Waals surface area contributed by atoms with Crippen LogP contribution in [-0.2, 0) is 24.1 Å². The largest absolute Gasteiger partial charge is 0.342 e. The second kappa shape index (κ2) is 7.13. The van der Waals surface area contributed by atoms with Gasteiger partial charge in [-0.2, -0.15) is 0 Å². The number of amides is 1. The van der Waals surface area contributed by atoms with Gasteiger partial charge < -0.3 is 4.90 Å². The number of aromatic nitrogens is 5. The molecule has 1 N–H and O–H groups in total. The normalized spacial score (nSPS) is 19.5. The lowest BCUT2D eigenvalue weighted by Crippen LogP contribution is -2.40. The Hall–Kier alpha value is -2.97. The summed E-state index contributed by atoms with van der Waals surface area (Å²) >= 11 is 0. The van der Waals surface area contributed by atoms with E-state index in [2.05, 4.69) is 15.4 Å². The number of rotatable bonds is 3. The van der Waals surface area contributed by atoms with E-state index < -0.39 is 0 Å². The average molecular weight is 396 g/mol. The van der Waals surface area contributed by atoms with Gasteiger partial charge in [0.1, 0.15) is 11.4 Å². The highest BCUT2D eigenvalue weighted by Crippen LogP contribution is 2.27. The van der Waals surface area contributed by atoms with Gasteiger partial charge >= 0.3 is 0 Å². The van der Waals surface area contributed by atoms with E-state index in [0.717, 1.165) is 62.0 Å². The number of hydrogen-bond donors (Lipinski definition) is 1. The first-order valence-electron chi connectivity index (χ1n) is 10.3. The van der Waals surface area contributed by atoms with Gasteiger partial charge in [0.15, 0.2) is 5.65 Å². The first-order chi connectivity index (χ1) is 14.1. The molecule has 1 amide bonds. The lowest BCUT2D eigenvalue weighted by atomic mass is 9.94. The van der Waals surface area contributed by atoms with E-state index in [0.29, 0.717) is 23.6 Å². The molecule has 1 aliphatic heterocycles. The predicted octanol–water partition coefficient (Wildman–Crippen LogP) is 1.54. The van der Waals surface area contributed by atoms with Crippen LogP contribution in [0.1, 0.15) is 59.9 Å². The van der Waals surface area contributed by atoms with Crippen LogP contribution in [0.4, 0.5) is 0 Å². The number of fused-ring (bicyclic) bond motifs is 2. The molecule has 9 heteroatoms. The first-order valence-corrected chi connectivity index (χ1v) is 10.3. The van der Waals surface area contributed by atoms with Gasteiger partial charge in [-0.15, -0.1) is 0 Å². The van der Waals surface area contributed by atoms with Gasteiger partial charge in [-0.3, -0.25) is 14.7 Å². The van der Waals surface area contributed by atoms with Crippen molar-refractivity contribution in [1.29, 1.82) is 0 Å². The Balaban J connectivity index is 1.38. The van der Waals surface area contributed by atoms with Crippen molar-refractivity contribution in [2.75, 3.05) is 13.1 Å². The highest BCUT2D eigenvalue weighted by atomic mass is 16.6. The summed E-state index contributed by atoms with van der Waals surface area (Å²) in [5.41, 5.74) is 4.70. The molecule has 0 unspecified atom stereocenters. The minimum absolute atomic E-state index is 0.0219. The lowest BCUT2D eigenvalue weighted by molar-refractivity contribution is -0.131. The number of carbonyl (C=O) groups is 1. The molecule has 4 heterocycles. The summed E-state index contributed by atoms with van der Waals surface area (Å²) in [4.78, 5) is 32.2. The van der Waals surface area contributed by atoms with E-state index in [1.165, 1.54) is 0 Å². The third-order valence-electron chi connectivity index (χ3n) is 6.18. The van der Waals surface area contributed by atoms with Crippen LogP contribution in [0.3, 0.4) is 0 Å². The summed E-state index contributed by atoms with van der Waals surface area (Å²) in [6.45, 7) is 3.13. The number of nitrogens with zero attached hydrogens (tertiary/aromatic N) is 5. The maximum atomic E-state index is 12.9. The van der Waals surface area contributed by atoms with Crippen LogP contribution in [0.25, 0.3) is 5.65 Å². The molecule has 0 spiro atoms. The molecule has 0 radical (unpaired) electrons. The average Bonchev–Trinajstić information content (AvgIpc) is 3.35. The van der Waals surface area contributed by atoms with Crippen molar-refractivity contribution in [2.24, 2.45) is 0 Å². The minimum atomic E-state index is 0.0219. The van der Waals surface area contributed by atoms with Gasteiger partial charge in [0.2, 0.25) is 5.91 Å². The summed E-state index contributed by atoms with van der Waals surface area (Å²) in [7, 11) is 0. The predicted molar refractivity (Wildman–Crippen MR) is 104 cm³/mol. The van der Waals surface area contributed by atoms with Crippen molar-refractivity contribution < 1.29 is 9.42 Å². The van der Waals surface area contributed by atoms with Crippen LogP contribution in [0, 0.1) is 6.92 Å². The number of nitrogens with one attached hydrogen (secondary N) is 1. The smallest absolute Gasteiger partial charge is 0.276 e. The zero-order valence-corrected chi connectivity index (χ0v) is 16.5. The summed E-state index contributed by atoms with van der Waals surface area (Å²) in [5, 5.41) is 10.8. The molecule has 1 fully saturated rings. The van der Waals surface area contributed by atoms with E-state index in [-0.39, 0.29) is 23.8 Å². The topological polar surface area (TPSA) is 109 Å². The molecule has 2 aliphatic rings. The zero-order chi connectivity index (χ0) is 20.0. The quantitative estimate of drug-likeness (QED) is 0.719. The number of piperidine rings is 1. The van der Waals surface area contributed by atoms with Gasteiger partial charge in [0.25, 0.3) is 5.56 Å². The molecule has 1 aliphatic carbocycles. The molecule has 0 aromatic carbocycles. The number of H-pyrrole nitrogens is 1. The minimum Gasteiger partial charge on any atom is -0.342 e. The third-order valence-corrected chi connectivity index (χ3v) is 6.18. The highest BCUT2D eigenvalue weighted by molar-refractivity contribution is 5.78. The van der Waals surface area contributed by atoms with Crippen molar-refractivity contribution >= 4 is 11.6 Å². The Labute approximate surface area is 167 Å². The van der Waals surface area contributed by atoms with Crippen LogP contribution < -0.4 is 5.56 Å². The van der Waals surface area contributed by atoms with Crippen molar-refractivity contribution in [3.8, 4) is 0 Å². The van der Waals surface area contributed by atoms with Crippen LogP contribution in [0.5, 0.6) is 0 Å².